The third-order valence-corrected chi connectivity index (χ3v) is 5.25. The van der Waals surface area contributed by atoms with Gasteiger partial charge in [0.25, 0.3) is 0 Å². The molecule has 1 aromatic rings. The third kappa shape index (κ3) is 3.83. The number of ether oxygens (including phenoxy) is 2. The van der Waals surface area contributed by atoms with Crippen molar-refractivity contribution in [1.82, 2.24) is 0 Å². The number of benzene rings is 1. The minimum absolute atomic E-state index is 0.0287. The quantitative estimate of drug-likeness (QED) is 0.753. The van der Waals surface area contributed by atoms with Gasteiger partial charge in [0.1, 0.15) is 11.6 Å². The Balaban J connectivity index is 2.15. The largest absolute Gasteiger partial charge is 0.492 e. The van der Waals surface area contributed by atoms with Gasteiger partial charge in [0.15, 0.2) is 0 Å². The molecule has 0 aromatic heterocycles. The zero-order chi connectivity index (χ0) is 15.4. The molecule has 3 nitrogen and oxygen atoms in total. The van der Waals surface area contributed by atoms with E-state index in [1.54, 1.807) is 6.07 Å². The van der Waals surface area contributed by atoms with Gasteiger partial charge in [0.2, 0.25) is 0 Å². The minimum atomic E-state index is -0.372. The van der Waals surface area contributed by atoms with Gasteiger partial charge in [-0.25, -0.2) is 4.39 Å². The highest BCUT2D eigenvalue weighted by atomic mass is 35.5. The Hall–Kier alpha value is -0.940. The summed E-state index contributed by atoms with van der Waals surface area (Å²) in [6.07, 6.45) is 2.61. The van der Waals surface area contributed by atoms with Crippen LogP contribution in [0.3, 0.4) is 0 Å². The first-order chi connectivity index (χ1) is 10.1. The number of carbonyl (C=O) groups excluding carboxylic acids is 1. The Morgan fingerprint density at radius 1 is 1.48 bits per heavy atom. The molecule has 6 heteroatoms. The molecule has 1 fully saturated rings. The molecular formula is C15H18ClFO3S. The van der Waals surface area contributed by atoms with Crippen LogP contribution in [0.5, 0.6) is 5.75 Å². The summed E-state index contributed by atoms with van der Waals surface area (Å²) in [6.45, 7) is 2.25. The topological polar surface area (TPSA) is 35.5 Å². The Kier molecular flexibility index (Phi) is 5.76. The smallest absolute Gasteiger partial charge is 0.309 e. The molecule has 2 unspecified atom stereocenters. The molecular weight excluding hydrogens is 315 g/mol. The normalized spacial score (nSPS) is 21.3. The van der Waals surface area contributed by atoms with E-state index in [9.17, 15) is 9.18 Å². The number of hydrogen-bond donors (Lipinski definition) is 0. The van der Waals surface area contributed by atoms with Crippen molar-refractivity contribution in [3.63, 3.8) is 0 Å². The second kappa shape index (κ2) is 7.36. The molecule has 0 spiro atoms. The van der Waals surface area contributed by atoms with Gasteiger partial charge in [-0.15, -0.1) is 11.8 Å². The molecule has 1 saturated carbocycles. The lowest BCUT2D eigenvalue weighted by atomic mass is 10.1. The third-order valence-electron chi connectivity index (χ3n) is 3.52. The molecule has 1 aromatic carbocycles. The van der Waals surface area contributed by atoms with Crippen molar-refractivity contribution in [3.8, 4) is 5.75 Å². The lowest BCUT2D eigenvalue weighted by molar-refractivity contribution is -0.144. The molecule has 0 N–H and O–H groups in total. The standard InChI is InChI=1S/C15H18ClFO3S/c1-3-20-12-8-11(17)14(7-10(12)16)21-13-6-4-5-9(13)15(18)19-2/h7-9,13H,3-6H2,1-2H3. The average molecular weight is 333 g/mol. The maximum absolute atomic E-state index is 14.1. The van der Waals surface area contributed by atoms with E-state index in [1.807, 2.05) is 6.92 Å². The van der Waals surface area contributed by atoms with Crippen LogP contribution >= 0.6 is 23.4 Å². The Bertz CT molecular complexity index is 524. The van der Waals surface area contributed by atoms with Gasteiger partial charge in [-0.1, -0.05) is 18.0 Å². The number of methoxy groups -OCH3 is 1. The van der Waals surface area contributed by atoms with Crippen molar-refractivity contribution in [2.75, 3.05) is 13.7 Å². The fourth-order valence-electron chi connectivity index (χ4n) is 2.52. The Morgan fingerprint density at radius 3 is 2.90 bits per heavy atom. The van der Waals surface area contributed by atoms with E-state index in [0.29, 0.717) is 22.3 Å². The molecule has 1 aliphatic carbocycles. The number of esters is 1. The molecule has 0 radical (unpaired) electrons. The predicted molar refractivity (Wildman–Crippen MR) is 81.6 cm³/mol. The van der Waals surface area contributed by atoms with Gasteiger partial charge in [-0.2, -0.15) is 0 Å². The van der Waals surface area contributed by atoms with Crippen LogP contribution in [0.25, 0.3) is 0 Å². The Morgan fingerprint density at radius 2 is 2.24 bits per heavy atom. The first-order valence-electron chi connectivity index (χ1n) is 6.93. The van der Waals surface area contributed by atoms with Crippen LogP contribution in [-0.4, -0.2) is 24.9 Å². The molecule has 1 aliphatic rings. The van der Waals surface area contributed by atoms with Crippen LogP contribution in [0.2, 0.25) is 5.02 Å². The van der Waals surface area contributed by atoms with Gasteiger partial charge in [0, 0.05) is 16.2 Å². The summed E-state index contributed by atoms with van der Waals surface area (Å²) < 4.78 is 24.2. The van der Waals surface area contributed by atoms with Gasteiger partial charge in [0.05, 0.1) is 24.7 Å². The number of halogens is 2. The fraction of sp³-hybridized carbons (Fsp3) is 0.533. The van der Waals surface area contributed by atoms with Crippen LogP contribution in [0.15, 0.2) is 17.0 Å². The van der Waals surface area contributed by atoms with Crippen molar-refractivity contribution in [2.24, 2.45) is 5.92 Å². The molecule has 0 bridgehead atoms. The van der Waals surface area contributed by atoms with Gasteiger partial charge in [-0.3, -0.25) is 4.79 Å². The average Bonchev–Trinajstić information content (AvgIpc) is 2.92. The lowest BCUT2D eigenvalue weighted by Gasteiger charge is -2.18. The summed E-state index contributed by atoms with van der Waals surface area (Å²) in [5, 5.41) is 0.411. The van der Waals surface area contributed by atoms with Gasteiger partial charge < -0.3 is 9.47 Å². The lowest BCUT2D eigenvalue weighted by Crippen LogP contribution is -2.22. The zero-order valence-corrected chi connectivity index (χ0v) is 13.6. The molecule has 21 heavy (non-hydrogen) atoms. The van der Waals surface area contributed by atoms with E-state index in [1.165, 1.54) is 24.9 Å². The molecule has 116 valence electrons. The fourth-order valence-corrected chi connectivity index (χ4v) is 4.18. The summed E-state index contributed by atoms with van der Waals surface area (Å²) >= 11 is 7.45. The van der Waals surface area contributed by atoms with E-state index < -0.39 is 0 Å². The maximum atomic E-state index is 14.1. The summed E-state index contributed by atoms with van der Waals surface area (Å²) in [7, 11) is 1.39. The second-order valence-corrected chi connectivity index (χ2v) is 6.55. The summed E-state index contributed by atoms with van der Waals surface area (Å²) in [5.41, 5.74) is 0. The van der Waals surface area contributed by atoms with E-state index >= 15 is 0 Å². The SMILES string of the molecule is CCOc1cc(F)c(SC2CCCC2C(=O)OC)cc1Cl. The molecule has 2 atom stereocenters. The van der Waals surface area contributed by atoms with E-state index in [2.05, 4.69) is 0 Å². The van der Waals surface area contributed by atoms with Gasteiger partial charge in [-0.05, 0) is 25.8 Å². The molecule has 0 heterocycles. The number of carbonyl (C=O) groups is 1. The van der Waals surface area contributed by atoms with Crippen LogP contribution in [0.4, 0.5) is 4.39 Å². The van der Waals surface area contributed by atoms with Gasteiger partial charge >= 0.3 is 5.97 Å². The minimum Gasteiger partial charge on any atom is -0.492 e. The summed E-state index contributed by atoms with van der Waals surface area (Å²) in [5.74, 6) is -0.424. The van der Waals surface area contributed by atoms with Crippen molar-refractivity contribution in [3.05, 3.63) is 23.0 Å². The van der Waals surface area contributed by atoms with Crippen LogP contribution in [-0.2, 0) is 9.53 Å². The van der Waals surface area contributed by atoms with Crippen molar-refractivity contribution in [1.29, 1.82) is 0 Å². The van der Waals surface area contributed by atoms with Crippen LogP contribution in [0.1, 0.15) is 26.2 Å². The summed E-state index contributed by atoms with van der Waals surface area (Å²) in [4.78, 5) is 12.2. The first kappa shape index (κ1) is 16.4. The Labute approximate surface area is 133 Å². The number of rotatable bonds is 5. The molecule has 2 rings (SSSR count). The predicted octanol–water partition coefficient (Wildman–Crippen LogP) is 4.31. The van der Waals surface area contributed by atoms with Crippen LogP contribution in [0, 0.1) is 11.7 Å². The van der Waals surface area contributed by atoms with E-state index in [-0.39, 0.29) is 23.0 Å². The highest BCUT2D eigenvalue weighted by Crippen LogP contribution is 2.42. The number of hydrogen-bond acceptors (Lipinski definition) is 4. The highest BCUT2D eigenvalue weighted by molar-refractivity contribution is 8.00. The maximum Gasteiger partial charge on any atom is 0.309 e. The molecule has 0 saturated heterocycles. The second-order valence-electron chi connectivity index (χ2n) is 4.86. The van der Waals surface area contributed by atoms with E-state index in [4.69, 9.17) is 21.1 Å². The monoisotopic (exact) mass is 332 g/mol. The molecule has 0 amide bonds. The first-order valence-corrected chi connectivity index (χ1v) is 8.19. The van der Waals surface area contributed by atoms with Crippen molar-refractivity contribution < 1.29 is 18.7 Å². The van der Waals surface area contributed by atoms with Crippen LogP contribution < -0.4 is 4.74 Å². The van der Waals surface area contributed by atoms with Crippen molar-refractivity contribution in [2.45, 2.75) is 36.3 Å². The number of thioether (sulfide) groups is 1. The zero-order valence-electron chi connectivity index (χ0n) is 12.0. The highest BCUT2D eigenvalue weighted by Gasteiger charge is 2.35. The van der Waals surface area contributed by atoms with E-state index in [0.717, 1.165) is 19.3 Å². The molecule has 0 aliphatic heterocycles. The summed E-state index contributed by atoms with van der Waals surface area (Å²) in [6, 6.07) is 2.87. The van der Waals surface area contributed by atoms with Crippen molar-refractivity contribution >= 4 is 29.3 Å².